The molecule has 0 aliphatic heterocycles. The summed E-state index contributed by atoms with van der Waals surface area (Å²) in [5.74, 6) is 0.291. The van der Waals surface area contributed by atoms with Crippen LogP contribution in [-0.4, -0.2) is 32.0 Å². The molecule has 0 saturated carbocycles. The minimum absolute atomic E-state index is 0.249. The molecule has 4 heteroatoms. The van der Waals surface area contributed by atoms with Crippen LogP contribution in [0.2, 0.25) is 0 Å². The zero-order valence-electron chi connectivity index (χ0n) is 9.00. The van der Waals surface area contributed by atoms with Gasteiger partial charge in [0.1, 0.15) is 0 Å². The molecule has 0 bridgehead atoms. The van der Waals surface area contributed by atoms with Crippen molar-refractivity contribution in [1.82, 2.24) is 5.32 Å². The van der Waals surface area contributed by atoms with E-state index in [1.54, 1.807) is 13.8 Å². The maximum absolute atomic E-state index is 11.4. The zero-order chi connectivity index (χ0) is 10.5. The molecule has 0 heterocycles. The molecule has 0 spiro atoms. The van der Waals surface area contributed by atoms with Gasteiger partial charge < -0.3 is 5.32 Å². The van der Waals surface area contributed by atoms with Crippen LogP contribution in [0, 0.1) is 0 Å². The standard InChI is InChI=1S/C9H21NO2S/c1-5-10-9(4)6-7-13(11,12)8(2)3/h8-10H,5-7H2,1-4H3. The van der Waals surface area contributed by atoms with Crippen LogP contribution in [0.4, 0.5) is 0 Å². The summed E-state index contributed by atoms with van der Waals surface area (Å²) in [5.41, 5.74) is 0. The third kappa shape index (κ3) is 5.26. The van der Waals surface area contributed by atoms with E-state index in [2.05, 4.69) is 5.32 Å². The molecule has 0 saturated heterocycles. The predicted molar refractivity (Wildman–Crippen MR) is 56.7 cm³/mol. The summed E-state index contributed by atoms with van der Waals surface area (Å²) in [5, 5.41) is 2.94. The minimum Gasteiger partial charge on any atom is -0.314 e. The van der Waals surface area contributed by atoms with Gasteiger partial charge in [0.2, 0.25) is 0 Å². The van der Waals surface area contributed by atoms with Crippen molar-refractivity contribution in [2.24, 2.45) is 0 Å². The topological polar surface area (TPSA) is 46.2 Å². The summed E-state index contributed by atoms with van der Waals surface area (Å²) in [6.07, 6.45) is 0.703. The predicted octanol–water partition coefficient (Wildman–Crippen LogP) is 1.20. The van der Waals surface area contributed by atoms with E-state index in [9.17, 15) is 8.42 Å². The second kappa shape index (κ2) is 5.60. The first-order chi connectivity index (χ1) is 5.90. The molecule has 0 fully saturated rings. The lowest BCUT2D eigenvalue weighted by Gasteiger charge is -2.13. The summed E-state index contributed by atoms with van der Waals surface area (Å²) in [7, 11) is -2.85. The lowest BCUT2D eigenvalue weighted by Crippen LogP contribution is -2.29. The number of nitrogens with one attached hydrogen (secondary N) is 1. The molecule has 0 aromatic carbocycles. The van der Waals surface area contributed by atoms with Crippen LogP contribution >= 0.6 is 0 Å². The molecule has 80 valence electrons. The van der Waals surface area contributed by atoms with Gasteiger partial charge in [-0.2, -0.15) is 0 Å². The molecule has 0 aromatic heterocycles. The first kappa shape index (κ1) is 12.9. The Labute approximate surface area is 81.8 Å². The Morgan fingerprint density at radius 2 is 1.77 bits per heavy atom. The average Bonchev–Trinajstić information content (AvgIpc) is 2.01. The molecule has 1 N–H and O–H groups in total. The normalized spacial score (nSPS) is 14.8. The van der Waals surface area contributed by atoms with Gasteiger partial charge in [0, 0.05) is 6.04 Å². The van der Waals surface area contributed by atoms with Crippen LogP contribution in [-0.2, 0) is 9.84 Å². The second-order valence-electron chi connectivity index (χ2n) is 3.66. The third-order valence-electron chi connectivity index (χ3n) is 2.11. The third-order valence-corrected chi connectivity index (χ3v) is 4.35. The Hall–Kier alpha value is -0.0900. The first-order valence-electron chi connectivity index (χ1n) is 4.85. The maximum Gasteiger partial charge on any atom is 0.152 e. The second-order valence-corrected chi connectivity index (χ2v) is 6.34. The van der Waals surface area contributed by atoms with Gasteiger partial charge in [-0.1, -0.05) is 6.92 Å². The summed E-state index contributed by atoms with van der Waals surface area (Å²) in [4.78, 5) is 0. The lowest BCUT2D eigenvalue weighted by molar-refractivity contribution is 0.538. The highest BCUT2D eigenvalue weighted by Gasteiger charge is 2.16. The highest BCUT2D eigenvalue weighted by molar-refractivity contribution is 7.91. The number of sulfone groups is 1. The van der Waals surface area contributed by atoms with Crippen molar-refractivity contribution in [2.45, 2.75) is 45.4 Å². The fourth-order valence-corrected chi connectivity index (χ4v) is 2.18. The van der Waals surface area contributed by atoms with Gasteiger partial charge in [0.05, 0.1) is 11.0 Å². The molecular formula is C9H21NO2S. The van der Waals surface area contributed by atoms with Crippen LogP contribution in [0.5, 0.6) is 0 Å². The van der Waals surface area contributed by atoms with Crippen molar-refractivity contribution in [3.8, 4) is 0 Å². The summed E-state index contributed by atoms with van der Waals surface area (Å²) < 4.78 is 22.8. The van der Waals surface area contributed by atoms with E-state index in [-0.39, 0.29) is 5.25 Å². The fraction of sp³-hybridized carbons (Fsp3) is 1.00. The van der Waals surface area contributed by atoms with Gasteiger partial charge in [-0.15, -0.1) is 0 Å². The van der Waals surface area contributed by atoms with E-state index in [0.717, 1.165) is 6.54 Å². The monoisotopic (exact) mass is 207 g/mol. The fourth-order valence-electron chi connectivity index (χ4n) is 1.03. The van der Waals surface area contributed by atoms with Gasteiger partial charge in [0.25, 0.3) is 0 Å². The van der Waals surface area contributed by atoms with E-state index < -0.39 is 9.84 Å². The van der Waals surface area contributed by atoms with Crippen molar-refractivity contribution < 1.29 is 8.42 Å². The highest BCUT2D eigenvalue weighted by Crippen LogP contribution is 2.04. The number of hydrogen-bond acceptors (Lipinski definition) is 3. The van der Waals surface area contributed by atoms with Gasteiger partial charge in [-0.05, 0) is 33.7 Å². The van der Waals surface area contributed by atoms with Gasteiger partial charge in [-0.25, -0.2) is 8.42 Å². The molecular weight excluding hydrogens is 186 g/mol. The first-order valence-corrected chi connectivity index (χ1v) is 6.56. The zero-order valence-corrected chi connectivity index (χ0v) is 9.82. The van der Waals surface area contributed by atoms with E-state index >= 15 is 0 Å². The Balaban J connectivity index is 3.89. The molecule has 0 aliphatic rings. The van der Waals surface area contributed by atoms with Crippen molar-refractivity contribution in [1.29, 1.82) is 0 Å². The van der Waals surface area contributed by atoms with Gasteiger partial charge >= 0.3 is 0 Å². The molecule has 0 aliphatic carbocycles. The number of hydrogen-bond donors (Lipinski definition) is 1. The van der Waals surface area contributed by atoms with E-state index in [0.29, 0.717) is 18.2 Å². The van der Waals surface area contributed by atoms with Crippen LogP contribution in [0.25, 0.3) is 0 Å². The molecule has 0 rings (SSSR count). The molecule has 1 atom stereocenters. The van der Waals surface area contributed by atoms with Crippen LogP contribution in [0.15, 0.2) is 0 Å². The molecule has 0 radical (unpaired) electrons. The molecule has 3 nitrogen and oxygen atoms in total. The Kier molecular flexibility index (Phi) is 5.56. The summed E-state index contributed by atoms with van der Waals surface area (Å²) >= 11 is 0. The summed E-state index contributed by atoms with van der Waals surface area (Å²) in [6.45, 7) is 8.39. The van der Waals surface area contributed by atoms with Crippen molar-refractivity contribution in [2.75, 3.05) is 12.3 Å². The Morgan fingerprint density at radius 3 is 2.15 bits per heavy atom. The minimum atomic E-state index is -2.85. The van der Waals surface area contributed by atoms with Crippen molar-refractivity contribution in [3.63, 3.8) is 0 Å². The van der Waals surface area contributed by atoms with Crippen LogP contribution < -0.4 is 5.32 Å². The number of rotatable bonds is 6. The van der Waals surface area contributed by atoms with Crippen LogP contribution in [0.3, 0.4) is 0 Å². The Bertz CT molecular complexity index is 222. The Morgan fingerprint density at radius 1 is 1.23 bits per heavy atom. The highest BCUT2D eigenvalue weighted by atomic mass is 32.2. The van der Waals surface area contributed by atoms with E-state index in [1.165, 1.54) is 0 Å². The largest absolute Gasteiger partial charge is 0.314 e. The lowest BCUT2D eigenvalue weighted by atomic mass is 10.3. The van der Waals surface area contributed by atoms with Crippen molar-refractivity contribution >= 4 is 9.84 Å². The molecule has 0 aromatic rings. The molecule has 0 amide bonds. The van der Waals surface area contributed by atoms with E-state index in [4.69, 9.17) is 0 Å². The van der Waals surface area contributed by atoms with Crippen molar-refractivity contribution in [3.05, 3.63) is 0 Å². The van der Waals surface area contributed by atoms with Crippen LogP contribution in [0.1, 0.15) is 34.1 Å². The SMILES string of the molecule is CCNC(C)CCS(=O)(=O)C(C)C. The summed E-state index contributed by atoms with van der Waals surface area (Å²) in [6, 6.07) is 0.290. The molecule has 13 heavy (non-hydrogen) atoms. The molecule has 1 unspecified atom stereocenters. The van der Waals surface area contributed by atoms with E-state index in [1.807, 2.05) is 13.8 Å². The quantitative estimate of drug-likeness (QED) is 0.712. The van der Waals surface area contributed by atoms with Gasteiger partial charge in [-0.3, -0.25) is 0 Å². The average molecular weight is 207 g/mol. The maximum atomic E-state index is 11.4. The van der Waals surface area contributed by atoms with Gasteiger partial charge in [0.15, 0.2) is 9.84 Å². The smallest absolute Gasteiger partial charge is 0.152 e.